The summed E-state index contributed by atoms with van der Waals surface area (Å²) in [6.07, 6.45) is 10.8. The molecule has 4 aliphatic rings. The van der Waals surface area contributed by atoms with Crippen LogP contribution in [0.2, 0.25) is 0 Å². The smallest absolute Gasteiger partial charge is 0.220 e. The number of carbonyl (C=O) groups excluding carboxylic acids is 1. The molecule has 43 heavy (non-hydrogen) atoms. The number of benzene rings is 2. The van der Waals surface area contributed by atoms with Gasteiger partial charge < -0.3 is 15.5 Å². The second-order valence-corrected chi connectivity index (χ2v) is 15.4. The van der Waals surface area contributed by atoms with E-state index in [2.05, 4.69) is 86.8 Å². The van der Waals surface area contributed by atoms with Gasteiger partial charge in [0.25, 0.3) is 0 Å². The molecular formula is C39H55NO3. The van der Waals surface area contributed by atoms with E-state index in [1.54, 1.807) is 0 Å². The molecule has 3 N–H and O–H groups in total. The van der Waals surface area contributed by atoms with Crippen molar-refractivity contribution in [1.29, 1.82) is 0 Å². The molecule has 0 spiro atoms. The van der Waals surface area contributed by atoms with E-state index in [4.69, 9.17) is 0 Å². The second kappa shape index (κ2) is 12.7. The van der Waals surface area contributed by atoms with Crippen LogP contribution >= 0.6 is 0 Å². The highest BCUT2D eigenvalue weighted by atomic mass is 16.3. The number of hydrogen-bond donors (Lipinski definition) is 3. The molecule has 2 aromatic rings. The summed E-state index contributed by atoms with van der Waals surface area (Å²) in [5.41, 5.74) is 2.80. The standard InChI is InChI=1S/C39H55NO3/c1-26(14-19-37(43)40-23-21-31(27-10-6-4-7-11-27)28-12-8-5-9-13-28)33-17-18-34-32-16-15-29-24-30(41)20-22-38(29,2)35(32)25-36(42)39(33,34)3/h4-13,26,29-36,41-42H,14-25H2,1-3H3,(H,40,43)/t26-,29-,30-,32+,33-,34+,35+,36+,38+,39-/m1/s1. The Bertz CT molecular complexity index is 1180. The quantitative estimate of drug-likeness (QED) is 0.282. The van der Waals surface area contributed by atoms with Crippen molar-refractivity contribution in [3.63, 3.8) is 0 Å². The van der Waals surface area contributed by atoms with Crippen LogP contribution in [-0.2, 0) is 4.79 Å². The number of rotatable bonds is 9. The number of carbonyl (C=O) groups is 1. The predicted octanol–water partition coefficient (Wildman–Crippen LogP) is 7.73. The third kappa shape index (κ3) is 5.84. The Hall–Kier alpha value is -2.17. The summed E-state index contributed by atoms with van der Waals surface area (Å²) in [7, 11) is 0. The minimum atomic E-state index is -0.266. The summed E-state index contributed by atoms with van der Waals surface area (Å²) in [6, 6.07) is 21.2. The van der Waals surface area contributed by atoms with Crippen molar-refractivity contribution in [2.45, 2.75) is 110 Å². The summed E-state index contributed by atoms with van der Waals surface area (Å²) in [5, 5.41) is 25.5. The van der Waals surface area contributed by atoms with Gasteiger partial charge >= 0.3 is 0 Å². The summed E-state index contributed by atoms with van der Waals surface area (Å²) in [5.74, 6) is 3.80. The van der Waals surface area contributed by atoms with Crippen LogP contribution in [0.5, 0.6) is 0 Å². The number of nitrogens with one attached hydrogen (secondary N) is 1. The second-order valence-electron chi connectivity index (χ2n) is 15.4. The van der Waals surface area contributed by atoms with Crippen LogP contribution in [0.1, 0.15) is 108 Å². The zero-order chi connectivity index (χ0) is 30.2. The fourth-order valence-electron chi connectivity index (χ4n) is 11.1. The molecule has 4 aliphatic carbocycles. The lowest BCUT2D eigenvalue weighted by Gasteiger charge is -2.62. The van der Waals surface area contributed by atoms with Gasteiger partial charge in [0.1, 0.15) is 0 Å². The zero-order valence-electron chi connectivity index (χ0n) is 26.8. The van der Waals surface area contributed by atoms with Gasteiger partial charge in [0, 0.05) is 18.9 Å². The maximum Gasteiger partial charge on any atom is 0.220 e. The van der Waals surface area contributed by atoms with E-state index in [1.165, 1.54) is 36.8 Å². The van der Waals surface area contributed by atoms with Gasteiger partial charge in [-0.3, -0.25) is 4.79 Å². The van der Waals surface area contributed by atoms with Crippen LogP contribution in [0.3, 0.4) is 0 Å². The molecule has 0 radical (unpaired) electrons. The number of aliphatic hydroxyl groups is 2. The lowest BCUT2D eigenvalue weighted by atomic mass is 9.43. The lowest BCUT2D eigenvalue weighted by Crippen LogP contribution is -2.58. The minimum Gasteiger partial charge on any atom is -0.393 e. The summed E-state index contributed by atoms with van der Waals surface area (Å²) in [4.78, 5) is 13.0. The van der Waals surface area contributed by atoms with E-state index in [0.717, 1.165) is 38.5 Å². The Morgan fingerprint density at radius 3 is 2.21 bits per heavy atom. The summed E-state index contributed by atoms with van der Waals surface area (Å²) < 4.78 is 0. The average molecular weight is 586 g/mol. The summed E-state index contributed by atoms with van der Waals surface area (Å²) in [6.45, 7) is 7.90. The molecule has 0 saturated heterocycles. The molecule has 10 atom stereocenters. The Morgan fingerprint density at radius 1 is 0.860 bits per heavy atom. The van der Waals surface area contributed by atoms with Gasteiger partial charge in [-0.15, -0.1) is 0 Å². The fourth-order valence-corrected chi connectivity index (χ4v) is 11.1. The molecule has 0 aliphatic heterocycles. The first-order chi connectivity index (χ1) is 20.7. The van der Waals surface area contributed by atoms with E-state index in [9.17, 15) is 15.0 Å². The van der Waals surface area contributed by atoms with Gasteiger partial charge in [-0.05, 0) is 122 Å². The van der Waals surface area contributed by atoms with Crippen molar-refractivity contribution in [1.82, 2.24) is 5.32 Å². The van der Waals surface area contributed by atoms with E-state index in [0.29, 0.717) is 48.5 Å². The fraction of sp³-hybridized carbons (Fsp3) is 0.667. The van der Waals surface area contributed by atoms with Gasteiger partial charge in [0.15, 0.2) is 0 Å². The van der Waals surface area contributed by atoms with Crippen LogP contribution < -0.4 is 5.32 Å². The molecule has 6 rings (SSSR count). The molecule has 234 valence electrons. The van der Waals surface area contributed by atoms with Gasteiger partial charge in [-0.1, -0.05) is 81.4 Å². The van der Waals surface area contributed by atoms with Crippen LogP contribution in [0.25, 0.3) is 0 Å². The first-order valence-electron chi connectivity index (χ1n) is 17.4. The number of amides is 1. The Labute approximate surface area is 260 Å². The molecule has 0 heterocycles. The highest BCUT2D eigenvalue weighted by Crippen LogP contribution is 2.68. The molecule has 0 unspecified atom stereocenters. The Morgan fingerprint density at radius 2 is 1.53 bits per heavy atom. The first-order valence-corrected chi connectivity index (χ1v) is 17.4. The summed E-state index contributed by atoms with van der Waals surface area (Å²) >= 11 is 0. The van der Waals surface area contributed by atoms with E-state index >= 15 is 0 Å². The van der Waals surface area contributed by atoms with Crippen LogP contribution in [-0.4, -0.2) is 34.9 Å². The molecule has 0 aromatic heterocycles. The zero-order valence-corrected chi connectivity index (χ0v) is 26.8. The predicted molar refractivity (Wildman–Crippen MR) is 173 cm³/mol. The van der Waals surface area contributed by atoms with Crippen molar-refractivity contribution >= 4 is 5.91 Å². The number of hydrogen-bond acceptors (Lipinski definition) is 3. The van der Waals surface area contributed by atoms with Crippen molar-refractivity contribution in [3.05, 3.63) is 71.8 Å². The van der Waals surface area contributed by atoms with Crippen LogP contribution in [0.15, 0.2) is 60.7 Å². The molecule has 0 bridgehead atoms. The average Bonchev–Trinajstić information content (AvgIpc) is 3.38. The SMILES string of the molecule is C[C@H](CCC(=O)NCCC(c1ccccc1)c1ccccc1)[C@H]1CC[C@H]2[C@@H]3CC[C@@H]4C[C@H](O)CC[C@]4(C)[C@H]3C[C@H](O)[C@]12C. The molecule has 4 heteroatoms. The van der Waals surface area contributed by atoms with Crippen LogP contribution in [0.4, 0.5) is 0 Å². The van der Waals surface area contributed by atoms with Crippen molar-refractivity contribution in [2.24, 2.45) is 46.3 Å². The maximum atomic E-state index is 13.0. The maximum absolute atomic E-state index is 13.0. The third-order valence-corrected chi connectivity index (χ3v) is 13.5. The first kappa shape index (κ1) is 30.8. The topological polar surface area (TPSA) is 69.6 Å². The van der Waals surface area contributed by atoms with E-state index in [1.807, 2.05) is 0 Å². The van der Waals surface area contributed by atoms with Gasteiger partial charge in [-0.25, -0.2) is 0 Å². The Balaban J connectivity index is 1.04. The van der Waals surface area contributed by atoms with E-state index in [-0.39, 0.29) is 34.9 Å². The molecule has 2 aromatic carbocycles. The number of aliphatic hydroxyl groups excluding tert-OH is 2. The van der Waals surface area contributed by atoms with Crippen LogP contribution in [0, 0.1) is 46.3 Å². The van der Waals surface area contributed by atoms with E-state index < -0.39 is 0 Å². The normalized spacial score (nSPS) is 37.7. The highest BCUT2D eigenvalue weighted by Gasteiger charge is 2.63. The molecule has 1 amide bonds. The van der Waals surface area contributed by atoms with Gasteiger partial charge in [-0.2, -0.15) is 0 Å². The molecule has 4 nitrogen and oxygen atoms in total. The highest BCUT2D eigenvalue weighted by molar-refractivity contribution is 5.75. The largest absolute Gasteiger partial charge is 0.393 e. The number of fused-ring (bicyclic) bond motifs is 5. The Kier molecular flexibility index (Phi) is 9.09. The van der Waals surface area contributed by atoms with Crippen molar-refractivity contribution in [3.8, 4) is 0 Å². The lowest BCUT2D eigenvalue weighted by molar-refractivity contribution is -0.174. The van der Waals surface area contributed by atoms with Gasteiger partial charge in [0.05, 0.1) is 12.2 Å². The molecule has 4 fully saturated rings. The monoisotopic (exact) mass is 585 g/mol. The molecular weight excluding hydrogens is 530 g/mol. The molecule has 4 saturated carbocycles. The van der Waals surface area contributed by atoms with Crippen molar-refractivity contribution < 1.29 is 15.0 Å². The van der Waals surface area contributed by atoms with Crippen molar-refractivity contribution in [2.75, 3.05) is 6.54 Å². The minimum absolute atomic E-state index is 0.0486. The van der Waals surface area contributed by atoms with Gasteiger partial charge in [0.2, 0.25) is 5.91 Å². The third-order valence-electron chi connectivity index (χ3n) is 13.5.